The molecule has 0 saturated heterocycles. The number of nitrogen functional groups attached to an aromatic ring is 1. The number of hydrogen-bond acceptors (Lipinski definition) is 3. The Labute approximate surface area is 120 Å². The molecule has 20 heavy (non-hydrogen) atoms. The van der Waals surface area contributed by atoms with Crippen molar-refractivity contribution in [3.63, 3.8) is 0 Å². The summed E-state index contributed by atoms with van der Waals surface area (Å²) < 4.78 is 5.37. The molecule has 2 rings (SSSR count). The lowest BCUT2D eigenvalue weighted by molar-refractivity contribution is 0.0947. The summed E-state index contributed by atoms with van der Waals surface area (Å²) in [6, 6.07) is 5.19. The molecule has 110 valence electrons. The highest BCUT2D eigenvalue weighted by Gasteiger charge is 2.21. The van der Waals surface area contributed by atoms with Gasteiger partial charge < -0.3 is 15.8 Å². The predicted molar refractivity (Wildman–Crippen MR) is 80.9 cm³/mol. The van der Waals surface area contributed by atoms with E-state index in [0.717, 1.165) is 12.5 Å². The summed E-state index contributed by atoms with van der Waals surface area (Å²) in [6.07, 6.45) is 3.70. The summed E-state index contributed by atoms with van der Waals surface area (Å²) in [5, 5.41) is 3.00. The molecule has 0 bridgehead atoms. The second kappa shape index (κ2) is 6.64. The SMILES string of the molecule is CCOc1ccc(C(=O)NCC2CCC(C)C2)cc1N. The van der Waals surface area contributed by atoms with Gasteiger partial charge in [-0.2, -0.15) is 0 Å². The first-order valence-corrected chi connectivity index (χ1v) is 7.40. The van der Waals surface area contributed by atoms with Crippen LogP contribution < -0.4 is 15.8 Å². The van der Waals surface area contributed by atoms with Crippen molar-refractivity contribution in [2.45, 2.75) is 33.1 Å². The monoisotopic (exact) mass is 276 g/mol. The van der Waals surface area contributed by atoms with Crippen molar-refractivity contribution in [3.8, 4) is 5.75 Å². The number of amides is 1. The van der Waals surface area contributed by atoms with E-state index >= 15 is 0 Å². The highest BCUT2D eigenvalue weighted by Crippen LogP contribution is 2.29. The van der Waals surface area contributed by atoms with E-state index in [1.807, 2.05) is 6.92 Å². The molecule has 4 nitrogen and oxygen atoms in total. The molecule has 0 heterocycles. The fourth-order valence-corrected chi connectivity index (χ4v) is 2.83. The smallest absolute Gasteiger partial charge is 0.251 e. The van der Waals surface area contributed by atoms with Crippen LogP contribution in [0.25, 0.3) is 0 Å². The van der Waals surface area contributed by atoms with Crippen LogP contribution in [0.15, 0.2) is 18.2 Å². The van der Waals surface area contributed by atoms with E-state index in [4.69, 9.17) is 10.5 Å². The molecule has 0 aliphatic heterocycles. The van der Waals surface area contributed by atoms with E-state index in [9.17, 15) is 4.79 Å². The Bertz CT molecular complexity index is 474. The highest BCUT2D eigenvalue weighted by molar-refractivity contribution is 5.95. The van der Waals surface area contributed by atoms with Crippen molar-refractivity contribution in [2.24, 2.45) is 11.8 Å². The van der Waals surface area contributed by atoms with Gasteiger partial charge in [0.05, 0.1) is 12.3 Å². The van der Waals surface area contributed by atoms with E-state index in [1.54, 1.807) is 18.2 Å². The summed E-state index contributed by atoms with van der Waals surface area (Å²) in [5.74, 6) is 1.99. The summed E-state index contributed by atoms with van der Waals surface area (Å²) in [4.78, 5) is 12.1. The summed E-state index contributed by atoms with van der Waals surface area (Å²) >= 11 is 0. The Hall–Kier alpha value is -1.71. The largest absolute Gasteiger partial charge is 0.492 e. The fourth-order valence-electron chi connectivity index (χ4n) is 2.83. The van der Waals surface area contributed by atoms with Gasteiger partial charge in [0.15, 0.2) is 0 Å². The van der Waals surface area contributed by atoms with Gasteiger partial charge in [-0.05, 0) is 49.8 Å². The molecule has 1 fully saturated rings. The van der Waals surface area contributed by atoms with Gasteiger partial charge in [-0.25, -0.2) is 0 Å². The molecule has 1 aliphatic carbocycles. The molecule has 2 atom stereocenters. The van der Waals surface area contributed by atoms with Crippen molar-refractivity contribution in [3.05, 3.63) is 23.8 Å². The molecular formula is C16H24N2O2. The number of benzene rings is 1. The molecule has 0 radical (unpaired) electrons. The van der Waals surface area contributed by atoms with Crippen molar-refractivity contribution in [1.82, 2.24) is 5.32 Å². The fraction of sp³-hybridized carbons (Fsp3) is 0.562. The molecule has 2 unspecified atom stereocenters. The number of anilines is 1. The maximum atomic E-state index is 12.1. The minimum absolute atomic E-state index is 0.0562. The topological polar surface area (TPSA) is 64.3 Å². The van der Waals surface area contributed by atoms with Crippen LogP contribution >= 0.6 is 0 Å². The van der Waals surface area contributed by atoms with Gasteiger partial charge >= 0.3 is 0 Å². The van der Waals surface area contributed by atoms with Crippen LogP contribution in [0, 0.1) is 11.8 Å². The maximum Gasteiger partial charge on any atom is 0.251 e. The van der Waals surface area contributed by atoms with Crippen molar-refractivity contribution < 1.29 is 9.53 Å². The van der Waals surface area contributed by atoms with E-state index in [1.165, 1.54) is 19.3 Å². The summed E-state index contributed by atoms with van der Waals surface area (Å²) in [7, 11) is 0. The van der Waals surface area contributed by atoms with Gasteiger partial charge in [0.2, 0.25) is 0 Å². The highest BCUT2D eigenvalue weighted by atomic mass is 16.5. The first-order chi connectivity index (χ1) is 9.60. The molecule has 0 aromatic heterocycles. The van der Waals surface area contributed by atoms with Crippen LogP contribution in [-0.4, -0.2) is 19.1 Å². The number of nitrogens with one attached hydrogen (secondary N) is 1. The lowest BCUT2D eigenvalue weighted by Crippen LogP contribution is -2.28. The third-order valence-corrected chi connectivity index (χ3v) is 3.93. The number of carbonyl (C=O) groups is 1. The Balaban J connectivity index is 1.90. The molecule has 0 spiro atoms. The van der Waals surface area contributed by atoms with Crippen LogP contribution in [0.2, 0.25) is 0 Å². The normalized spacial score (nSPS) is 21.7. The molecule has 1 amide bonds. The first kappa shape index (κ1) is 14.7. The van der Waals surface area contributed by atoms with Crippen LogP contribution in [0.3, 0.4) is 0 Å². The molecule has 1 aromatic rings. The first-order valence-electron chi connectivity index (χ1n) is 7.40. The van der Waals surface area contributed by atoms with Gasteiger partial charge in [-0.3, -0.25) is 4.79 Å². The second-order valence-electron chi connectivity index (χ2n) is 5.68. The lowest BCUT2D eigenvalue weighted by Gasteiger charge is -2.12. The van der Waals surface area contributed by atoms with Gasteiger partial charge in [0.1, 0.15) is 5.75 Å². The van der Waals surface area contributed by atoms with E-state index in [2.05, 4.69) is 12.2 Å². The van der Waals surface area contributed by atoms with E-state index < -0.39 is 0 Å². The van der Waals surface area contributed by atoms with Gasteiger partial charge in [0.25, 0.3) is 5.91 Å². The third-order valence-electron chi connectivity index (χ3n) is 3.93. The van der Waals surface area contributed by atoms with Gasteiger partial charge in [-0.1, -0.05) is 13.3 Å². The van der Waals surface area contributed by atoms with Crippen LogP contribution in [0.4, 0.5) is 5.69 Å². The predicted octanol–water partition coefficient (Wildman–Crippen LogP) is 2.83. The number of carbonyl (C=O) groups excluding carboxylic acids is 1. The van der Waals surface area contributed by atoms with Crippen molar-refractivity contribution in [2.75, 3.05) is 18.9 Å². The van der Waals surface area contributed by atoms with Crippen LogP contribution in [-0.2, 0) is 0 Å². The average molecular weight is 276 g/mol. The summed E-state index contributed by atoms with van der Waals surface area (Å²) in [5.41, 5.74) is 6.98. The number of rotatable bonds is 5. The van der Waals surface area contributed by atoms with Crippen LogP contribution in [0.1, 0.15) is 43.5 Å². The Kier molecular flexibility index (Phi) is 4.88. The van der Waals surface area contributed by atoms with E-state index in [0.29, 0.717) is 29.5 Å². The Morgan fingerprint density at radius 3 is 2.85 bits per heavy atom. The lowest BCUT2D eigenvalue weighted by atomic mass is 10.1. The number of ether oxygens (including phenoxy) is 1. The maximum absolute atomic E-state index is 12.1. The van der Waals surface area contributed by atoms with Crippen molar-refractivity contribution >= 4 is 11.6 Å². The van der Waals surface area contributed by atoms with Gasteiger partial charge in [-0.15, -0.1) is 0 Å². The third kappa shape index (κ3) is 3.65. The minimum atomic E-state index is -0.0562. The standard InChI is InChI=1S/C16H24N2O2/c1-3-20-15-7-6-13(9-14(15)17)16(19)18-10-12-5-4-11(2)8-12/h6-7,9,11-12H,3-5,8,10,17H2,1-2H3,(H,18,19). The van der Waals surface area contributed by atoms with Crippen molar-refractivity contribution in [1.29, 1.82) is 0 Å². The molecule has 3 N–H and O–H groups in total. The Morgan fingerprint density at radius 1 is 1.45 bits per heavy atom. The summed E-state index contributed by atoms with van der Waals surface area (Å²) in [6.45, 7) is 5.50. The molecule has 1 aliphatic rings. The quantitative estimate of drug-likeness (QED) is 0.813. The average Bonchev–Trinajstić information content (AvgIpc) is 2.84. The zero-order chi connectivity index (χ0) is 14.5. The molecule has 1 saturated carbocycles. The molecule has 1 aromatic carbocycles. The van der Waals surface area contributed by atoms with Crippen LogP contribution in [0.5, 0.6) is 5.75 Å². The molecule has 4 heteroatoms. The van der Waals surface area contributed by atoms with E-state index in [-0.39, 0.29) is 5.91 Å². The number of nitrogens with two attached hydrogens (primary N) is 1. The minimum Gasteiger partial charge on any atom is -0.492 e. The second-order valence-corrected chi connectivity index (χ2v) is 5.68. The van der Waals surface area contributed by atoms with Gasteiger partial charge in [0, 0.05) is 12.1 Å². The zero-order valence-electron chi connectivity index (χ0n) is 12.3. The Morgan fingerprint density at radius 2 is 2.25 bits per heavy atom. The molecular weight excluding hydrogens is 252 g/mol. The zero-order valence-corrected chi connectivity index (χ0v) is 12.3. The number of hydrogen-bond donors (Lipinski definition) is 2.